The van der Waals surface area contributed by atoms with Crippen molar-refractivity contribution in [3.63, 3.8) is 0 Å². The van der Waals surface area contributed by atoms with Gasteiger partial charge in [0.2, 0.25) is 5.95 Å². The highest BCUT2D eigenvalue weighted by atomic mass is 16.2. The summed E-state index contributed by atoms with van der Waals surface area (Å²) in [5, 5.41) is 3.29. The van der Waals surface area contributed by atoms with E-state index >= 15 is 0 Å². The van der Waals surface area contributed by atoms with Gasteiger partial charge in [-0.3, -0.25) is 4.79 Å². The van der Waals surface area contributed by atoms with Crippen molar-refractivity contribution < 1.29 is 4.79 Å². The van der Waals surface area contributed by atoms with E-state index in [1.807, 2.05) is 48.2 Å². The number of anilines is 3. The molecule has 0 aliphatic carbocycles. The predicted molar refractivity (Wildman–Crippen MR) is 112 cm³/mol. The largest absolute Gasteiger partial charge is 0.324 e. The zero-order valence-electron chi connectivity index (χ0n) is 16.3. The highest BCUT2D eigenvalue weighted by Crippen LogP contribution is 2.28. The summed E-state index contributed by atoms with van der Waals surface area (Å²) in [6.45, 7) is 4.71. The fraction of sp³-hybridized carbons (Fsp3) is 0.261. The fourth-order valence-corrected chi connectivity index (χ4v) is 3.69. The average molecular weight is 372 g/mol. The third kappa shape index (κ3) is 3.60. The Hall–Kier alpha value is -3.21. The second-order valence-electron chi connectivity index (χ2n) is 7.04. The van der Waals surface area contributed by atoms with E-state index in [9.17, 15) is 4.79 Å². The van der Waals surface area contributed by atoms with E-state index in [-0.39, 0.29) is 5.91 Å². The number of hydrogen-bond donors (Lipinski definition) is 1. The molecule has 1 aliphatic heterocycles. The van der Waals surface area contributed by atoms with Gasteiger partial charge < -0.3 is 10.2 Å². The van der Waals surface area contributed by atoms with Crippen molar-refractivity contribution in [1.29, 1.82) is 0 Å². The van der Waals surface area contributed by atoms with Gasteiger partial charge in [0.1, 0.15) is 5.69 Å². The Bertz CT molecular complexity index is 1010. The number of carbonyl (C=O) groups excluding carboxylic acids is 1. The van der Waals surface area contributed by atoms with Crippen molar-refractivity contribution >= 4 is 23.2 Å². The molecule has 142 valence electrons. The number of aromatic nitrogens is 2. The number of aryl methyl sites for hydroxylation is 3. The average Bonchev–Trinajstić information content (AvgIpc) is 2.73. The fourth-order valence-electron chi connectivity index (χ4n) is 3.69. The Balaban J connectivity index is 1.65. The molecule has 3 aromatic rings. The van der Waals surface area contributed by atoms with Gasteiger partial charge in [-0.15, -0.1) is 0 Å². The summed E-state index contributed by atoms with van der Waals surface area (Å²) in [6.07, 6.45) is 2.87. The van der Waals surface area contributed by atoms with Crippen LogP contribution in [-0.2, 0) is 12.8 Å². The molecule has 28 heavy (non-hydrogen) atoms. The van der Waals surface area contributed by atoms with Gasteiger partial charge in [-0.25, -0.2) is 9.97 Å². The van der Waals surface area contributed by atoms with Gasteiger partial charge in [-0.1, -0.05) is 43.3 Å². The van der Waals surface area contributed by atoms with Gasteiger partial charge in [0.25, 0.3) is 5.91 Å². The van der Waals surface area contributed by atoms with Crippen LogP contribution in [0.2, 0.25) is 0 Å². The number of fused-ring (bicyclic) bond motifs is 1. The normalized spacial score (nSPS) is 13.1. The van der Waals surface area contributed by atoms with E-state index in [2.05, 4.69) is 34.3 Å². The Morgan fingerprint density at radius 1 is 1.11 bits per heavy atom. The van der Waals surface area contributed by atoms with Crippen LogP contribution in [0.5, 0.6) is 0 Å². The van der Waals surface area contributed by atoms with Gasteiger partial charge in [0.05, 0.1) is 0 Å². The van der Waals surface area contributed by atoms with Crippen molar-refractivity contribution in [2.45, 2.75) is 33.1 Å². The van der Waals surface area contributed by atoms with E-state index in [1.165, 1.54) is 11.1 Å². The molecule has 4 rings (SSSR count). The standard InChI is InChI=1S/C23H24N4O/c1-3-17-9-4-6-12-19(17)25-23-24-16(2)15-20(26-23)22(28)27-14-8-11-18-10-5-7-13-21(18)27/h4-7,9-10,12-13,15H,3,8,11,14H2,1-2H3,(H,24,25,26). The van der Waals surface area contributed by atoms with Gasteiger partial charge in [0, 0.05) is 23.6 Å². The molecule has 1 aromatic heterocycles. The highest BCUT2D eigenvalue weighted by molar-refractivity contribution is 6.05. The molecule has 0 saturated heterocycles. The summed E-state index contributed by atoms with van der Waals surface area (Å²) in [5.41, 5.74) is 5.53. The lowest BCUT2D eigenvalue weighted by molar-refractivity contribution is 0.0980. The van der Waals surface area contributed by atoms with Crippen LogP contribution in [0, 0.1) is 6.92 Å². The molecule has 0 unspecified atom stereocenters. The first-order valence-electron chi connectivity index (χ1n) is 9.76. The topological polar surface area (TPSA) is 58.1 Å². The molecule has 5 nitrogen and oxygen atoms in total. The first-order chi connectivity index (χ1) is 13.7. The Kier molecular flexibility index (Phi) is 5.06. The minimum atomic E-state index is -0.0792. The Morgan fingerprint density at radius 3 is 2.75 bits per heavy atom. The van der Waals surface area contributed by atoms with Gasteiger partial charge in [-0.2, -0.15) is 0 Å². The van der Waals surface area contributed by atoms with Crippen molar-refractivity contribution in [2.75, 3.05) is 16.8 Å². The van der Waals surface area contributed by atoms with E-state index in [0.717, 1.165) is 36.3 Å². The van der Waals surface area contributed by atoms with Crippen LogP contribution in [0.1, 0.15) is 40.7 Å². The summed E-state index contributed by atoms with van der Waals surface area (Å²) in [5.74, 6) is 0.374. The molecule has 0 atom stereocenters. The molecule has 0 spiro atoms. The summed E-state index contributed by atoms with van der Waals surface area (Å²) in [6, 6.07) is 17.9. The minimum absolute atomic E-state index is 0.0792. The van der Waals surface area contributed by atoms with E-state index in [1.54, 1.807) is 6.07 Å². The number of nitrogens with zero attached hydrogens (tertiary/aromatic N) is 3. The van der Waals surface area contributed by atoms with Crippen LogP contribution < -0.4 is 10.2 Å². The predicted octanol–water partition coefficient (Wildman–Crippen LogP) is 4.68. The molecular formula is C23H24N4O. The molecule has 0 saturated carbocycles. The van der Waals surface area contributed by atoms with Crippen LogP contribution in [0.25, 0.3) is 0 Å². The number of rotatable bonds is 4. The SMILES string of the molecule is CCc1ccccc1Nc1nc(C)cc(C(=O)N2CCCc3ccccc32)n1. The monoisotopic (exact) mass is 372 g/mol. The maximum Gasteiger partial charge on any atom is 0.277 e. The molecule has 0 bridgehead atoms. The summed E-state index contributed by atoms with van der Waals surface area (Å²) < 4.78 is 0. The maximum atomic E-state index is 13.3. The molecule has 0 fully saturated rings. The number of para-hydroxylation sites is 2. The van der Waals surface area contributed by atoms with Crippen LogP contribution in [0.15, 0.2) is 54.6 Å². The second-order valence-corrected chi connectivity index (χ2v) is 7.04. The summed E-state index contributed by atoms with van der Waals surface area (Å²) in [4.78, 5) is 24.1. The zero-order chi connectivity index (χ0) is 19.5. The molecule has 1 amide bonds. The third-order valence-corrected chi connectivity index (χ3v) is 5.07. The maximum absolute atomic E-state index is 13.3. The molecule has 1 aliphatic rings. The first kappa shape index (κ1) is 18.2. The van der Waals surface area contributed by atoms with Crippen LogP contribution >= 0.6 is 0 Å². The molecule has 2 heterocycles. The van der Waals surface area contributed by atoms with Crippen molar-refractivity contribution in [3.05, 3.63) is 77.1 Å². The van der Waals surface area contributed by atoms with Gasteiger partial charge in [0.15, 0.2) is 0 Å². The third-order valence-electron chi connectivity index (χ3n) is 5.07. The van der Waals surface area contributed by atoms with Gasteiger partial charge >= 0.3 is 0 Å². The lowest BCUT2D eigenvalue weighted by Gasteiger charge is -2.29. The lowest BCUT2D eigenvalue weighted by Crippen LogP contribution is -2.36. The first-order valence-corrected chi connectivity index (χ1v) is 9.76. The van der Waals surface area contributed by atoms with Crippen LogP contribution in [0.3, 0.4) is 0 Å². The van der Waals surface area contributed by atoms with E-state index in [4.69, 9.17) is 0 Å². The van der Waals surface area contributed by atoms with Crippen LogP contribution in [0.4, 0.5) is 17.3 Å². The quantitative estimate of drug-likeness (QED) is 0.722. The minimum Gasteiger partial charge on any atom is -0.324 e. The molecule has 0 radical (unpaired) electrons. The van der Waals surface area contributed by atoms with Crippen molar-refractivity contribution in [3.8, 4) is 0 Å². The zero-order valence-corrected chi connectivity index (χ0v) is 16.3. The second kappa shape index (κ2) is 7.80. The highest BCUT2D eigenvalue weighted by Gasteiger charge is 2.24. The molecular weight excluding hydrogens is 348 g/mol. The Morgan fingerprint density at radius 2 is 1.89 bits per heavy atom. The number of amides is 1. The molecule has 1 N–H and O–H groups in total. The summed E-state index contributed by atoms with van der Waals surface area (Å²) >= 11 is 0. The number of hydrogen-bond acceptors (Lipinski definition) is 4. The van der Waals surface area contributed by atoms with Crippen molar-refractivity contribution in [2.24, 2.45) is 0 Å². The van der Waals surface area contributed by atoms with Crippen LogP contribution in [-0.4, -0.2) is 22.4 Å². The van der Waals surface area contributed by atoms with E-state index < -0.39 is 0 Å². The smallest absolute Gasteiger partial charge is 0.277 e. The number of benzene rings is 2. The number of nitrogens with one attached hydrogen (secondary N) is 1. The number of carbonyl (C=O) groups is 1. The van der Waals surface area contributed by atoms with Gasteiger partial charge in [-0.05, 0) is 55.5 Å². The molecule has 5 heteroatoms. The molecule has 2 aromatic carbocycles. The lowest BCUT2D eigenvalue weighted by atomic mass is 10.0. The Labute approximate surface area is 165 Å². The summed E-state index contributed by atoms with van der Waals surface area (Å²) in [7, 11) is 0. The van der Waals surface area contributed by atoms with Crippen molar-refractivity contribution in [1.82, 2.24) is 9.97 Å². The van der Waals surface area contributed by atoms with E-state index in [0.29, 0.717) is 18.2 Å².